The Kier molecular flexibility index (Phi) is 13.9. The average molecular weight is 859 g/mol. The lowest BCUT2D eigenvalue weighted by molar-refractivity contribution is -0.125. The van der Waals surface area contributed by atoms with E-state index in [1.165, 1.54) is 84.9 Å². The average Bonchev–Trinajstić information content (AvgIpc) is 3.23. The smallest absolute Gasteiger partial charge is 0.335 e. The number of amides is 6. The van der Waals surface area contributed by atoms with E-state index in [0.29, 0.717) is 0 Å². The van der Waals surface area contributed by atoms with Crippen LogP contribution in [-0.4, -0.2) is 63.8 Å². The van der Waals surface area contributed by atoms with Gasteiger partial charge in [0.05, 0.1) is 29.3 Å². The van der Waals surface area contributed by atoms with Gasteiger partial charge in [0.1, 0.15) is 17.3 Å². The number of aromatic hydroxyl groups is 1. The second-order valence-electron chi connectivity index (χ2n) is 13.4. The van der Waals surface area contributed by atoms with Crippen LogP contribution in [0.5, 0.6) is 11.5 Å². The van der Waals surface area contributed by atoms with E-state index in [4.69, 9.17) is 15.6 Å². The fourth-order valence-electron chi connectivity index (χ4n) is 5.54. The predicted octanol–water partition coefficient (Wildman–Crippen LogP) is 5.60. The molecule has 0 bridgehead atoms. The Morgan fingerprint density at radius 1 is 0.645 bits per heavy atom. The number of carboxylic acids is 1. The summed E-state index contributed by atoms with van der Waals surface area (Å²) in [5.74, 6) is -17.3. The van der Waals surface area contributed by atoms with Gasteiger partial charge in [-0.3, -0.25) is 34.1 Å². The molecular weight excluding hydrogens is 824 g/mol. The number of halogens is 4. The van der Waals surface area contributed by atoms with Crippen molar-refractivity contribution in [2.24, 2.45) is 0 Å². The number of nitrogen functional groups attached to an aromatic ring is 1. The molecular formula is C42H34F4N6O10. The first-order valence-electron chi connectivity index (χ1n) is 18.1. The van der Waals surface area contributed by atoms with Crippen molar-refractivity contribution in [1.29, 1.82) is 0 Å². The molecule has 1 unspecified atom stereocenters. The van der Waals surface area contributed by atoms with E-state index in [2.05, 4.69) is 16.0 Å². The highest BCUT2D eigenvalue weighted by atomic mass is 19.2. The molecule has 16 nitrogen and oxygen atoms in total. The quantitative estimate of drug-likeness (QED) is 0.0387. The Bertz CT molecular complexity index is 2560. The normalized spacial score (nSPS) is 11.2. The van der Waals surface area contributed by atoms with E-state index in [1.54, 1.807) is 19.9 Å². The number of nitrogens with two attached hydrogens (primary N) is 1. The minimum Gasteiger partial charge on any atom is -0.504 e. The summed E-state index contributed by atoms with van der Waals surface area (Å²) in [6, 6.07) is 17.8. The van der Waals surface area contributed by atoms with Crippen molar-refractivity contribution in [1.82, 2.24) is 10.6 Å². The van der Waals surface area contributed by atoms with Gasteiger partial charge >= 0.3 is 5.97 Å². The maximum atomic E-state index is 14.6. The number of nitrogens with one attached hydrogen (secondary N) is 5. The minimum atomic E-state index is -2.18. The van der Waals surface area contributed by atoms with E-state index in [1.807, 2.05) is 10.6 Å². The second-order valence-corrected chi connectivity index (χ2v) is 13.4. The predicted molar refractivity (Wildman–Crippen MR) is 214 cm³/mol. The number of carbonyl (C=O) groups excluding carboxylic acids is 6. The van der Waals surface area contributed by atoms with Gasteiger partial charge < -0.3 is 42.0 Å². The van der Waals surface area contributed by atoms with E-state index in [0.717, 1.165) is 0 Å². The third kappa shape index (κ3) is 10.5. The maximum absolute atomic E-state index is 14.6. The minimum absolute atomic E-state index is 0.0178. The van der Waals surface area contributed by atoms with Crippen LogP contribution >= 0.6 is 0 Å². The van der Waals surface area contributed by atoms with Crippen LogP contribution in [0.4, 0.5) is 40.3 Å². The molecule has 0 heterocycles. The number of benzene rings is 5. The number of ether oxygens (including phenoxy) is 1. The summed E-state index contributed by atoms with van der Waals surface area (Å²) in [4.78, 5) is 89.4. The number of rotatable bonds is 14. The Hall–Kier alpha value is -8.29. The van der Waals surface area contributed by atoms with Crippen LogP contribution in [0, 0.1) is 23.3 Å². The summed E-state index contributed by atoms with van der Waals surface area (Å²) < 4.78 is 63.4. The Morgan fingerprint density at radius 3 is 1.76 bits per heavy atom. The Balaban J connectivity index is 1.33. The van der Waals surface area contributed by atoms with Gasteiger partial charge in [0, 0.05) is 22.5 Å². The standard InChI is InChI=1S/C42H34F4N6O10/c1-19(2)62-36-26(17-16-25(35(36)54)39(57)48-23-14-10-22(11-15-23)42(60)61)50-37(55)21-8-12-24(13-9-21)49-40(58)27(18-28(53)52-38(56)20-6-4-3-5-7-20)51-41(59)29-30(43)32(45)34(47)33(46)31(29)44/h3-17,19,27,54H,18,47H2,1-2H3,(H,48,57)(H,49,58)(H,50,55)(H,51,59)(H,60,61)(H,52,53,56). The zero-order chi connectivity index (χ0) is 45.4. The van der Waals surface area contributed by atoms with Gasteiger partial charge in [0.15, 0.2) is 34.8 Å². The molecule has 0 spiro atoms. The molecule has 5 rings (SSSR count). The van der Waals surface area contributed by atoms with Gasteiger partial charge in [0.25, 0.3) is 23.6 Å². The first kappa shape index (κ1) is 44.8. The van der Waals surface area contributed by atoms with Crippen molar-refractivity contribution in [3.8, 4) is 11.5 Å². The lowest BCUT2D eigenvalue weighted by atomic mass is 10.1. The summed E-state index contributed by atoms with van der Waals surface area (Å²) in [6.45, 7) is 3.24. The second kappa shape index (κ2) is 19.2. The van der Waals surface area contributed by atoms with Gasteiger partial charge in [-0.15, -0.1) is 0 Å². The number of imide groups is 1. The molecule has 5 aromatic carbocycles. The van der Waals surface area contributed by atoms with Gasteiger partial charge in [0.2, 0.25) is 11.8 Å². The van der Waals surface area contributed by atoms with Crippen LogP contribution < -0.4 is 37.1 Å². The fraction of sp³-hybridized carbons (Fsp3) is 0.119. The molecule has 0 fully saturated rings. The monoisotopic (exact) mass is 858 g/mol. The van der Waals surface area contributed by atoms with Crippen LogP contribution in [0.1, 0.15) is 72.1 Å². The molecule has 0 aliphatic heterocycles. The number of phenolic OH excluding ortho intramolecular Hbond substituents is 1. The first-order valence-corrected chi connectivity index (χ1v) is 18.1. The summed E-state index contributed by atoms with van der Waals surface area (Å²) in [5, 5.41) is 31.4. The molecule has 9 N–H and O–H groups in total. The third-order valence-corrected chi connectivity index (χ3v) is 8.61. The largest absolute Gasteiger partial charge is 0.504 e. The van der Waals surface area contributed by atoms with Crippen LogP contribution in [0.3, 0.4) is 0 Å². The number of anilines is 4. The SMILES string of the molecule is CC(C)Oc1c(NC(=O)c2ccc(NC(=O)C(CC(=O)NC(=O)c3ccccc3)NC(=O)c3c(F)c(F)c(N)c(F)c3F)cc2)ccc(C(=O)Nc2ccc(C(=O)O)cc2)c1O. The molecule has 0 aliphatic rings. The number of aromatic carboxylic acids is 1. The number of carboxylic acid groups (broad SMARTS) is 1. The molecule has 62 heavy (non-hydrogen) atoms. The molecule has 320 valence electrons. The lowest BCUT2D eigenvalue weighted by Crippen LogP contribution is -2.47. The number of phenols is 1. The van der Waals surface area contributed by atoms with Crippen molar-refractivity contribution in [3.63, 3.8) is 0 Å². The van der Waals surface area contributed by atoms with Gasteiger partial charge in [-0.05, 0) is 86.6 Å². The zero-order valence-electron chi connectivity index (χ0n) is 32.3. The number of hydrogen-bond donors (Lipinski definition) is 8. The highest BCUT2D eigenvalue weighted by Gasteiger charge is 2.32. The topological polar surface area (TPSA) is 255 Å². The lowest BCUT2D eigenvalue weighted by Gasteiger charge is -2.19. The van der Waals surface area contributed by atoms with Gasteiger partial charge in [-0.25, -0.2) is 22.4 Å². The fourth-order valence-corrected chi connectivity index (χ4v) is 5.54. The number of hydrogen-bond acceptors (Lipinski definition) is 10. The first-order chi connectivity index (χ1) is 29.4. The highest BCUT2D eigenvalue weighted by molar-refractivity contribution is 6.10. The van der Waals surface area contributed by atoms with Gasteiger partial charge in [-0.2, -0.15) is 0 Å². The van der Waals surface area contributed by atoms with Crippen molar-refractivity contribution in [2.75, 3.05) is 21.7 Å². The molecule has 0 radical (unpaired) electrons. The summed E-state index contributed by atoms with van der Waals surface area (Å²) >= 11 is 0. The van der Waals surface area contributed by atoms with E-state index in [9.17, 15) is 56.2 Å². The molecule has 0 aliphatic carbocycles. The van der Waals surface area contributed by atoms with Gasteiger partial charge in [-0.1, -0.05) is 18.2 Å². The molecule has 5 aromatic rings. The van der Waals surface area contributed by atoms with Crippen molar-refractivity contribution >= 4 is 64.2 Å². The summed E-state index contributed by atoms with van der Waals surface area (Å²) in [6.07, 6.45) is -1.59. The molecule has 0 saturated carbocycles. The molecule has 0 aromatic heterocycles. The zero-order valence-corrected chi connectivity index (χ0v) is 32.3. The van der Waals surface area contributed by atoms with E-state index >= 15 is 0 Å². The van der Waals surface area contributed by atoms with Crippen LogP contribution in [0.2, 0.25) is 0 Å². The van der Waals surface area contributed by atoms with E-state index in [-0.39, 0.29) is 45.1 Å². The molecule has 0 saturated heterocycles. The number of carbonyl (C=O) groups is 7. The van der Waals surface area contributed by atoms with Crippen LogP contribution in [0.25, 0.3) is 0 Å². The molecule has 6 amide bonds. The maximum Gasteiger partial charge on any atom is 0.335 e. The van der Waals surface area contributed by atoms with Crippen molar-refractivity contribution < 1.29 is 66.1 Å². The third-order valence-electron chi connectivity index (χ3n) is 8.61. The molecule has 20 heteroatoms. The molecule has 1 atom stereocenters. The Labute approximate surface area is 348 Å². The summed E-state index contributed by atoms with van der Waals surface area (Å²) in [7, 11) is 0. The Morgan fingerprint density at radius 2 is 1.19 bits per heavy atom. The van der Waals surface area contributed by atoms with E-state index < -0.39 is 100 Å². The summed E-state index contributed by atoms with van der Waals surface area (Å²) in [5.41, 5.74) is 1.51. The van der Waals surface area contributed by atoms with Crippen molar-refractivity contribution in [2.45, 2.75) is 32.4 Å². The van der Waals surface area contributed by atoms with Crippen molar-refractivity contribution in [3.05, 3.63) is 142 Å². The van der Waals surface area contributed by atoms with Crippen LogP contribution in [-0.2, 0) is 9.59 Å². The van der Waals surface area contributed by atoms with Crippen LogP contribution in [0.15, 0.2) is 91.0 Å². The highest BCUT2D eigenvalue weighted by Crippen LogP contribution is 2.39.